The molecule has 1 aliphatic rings. The monoisotopic (exact) mass is 348 g/mol. The second-order valence-electron chi connectivity index (χ2n) is 5.63. The molecule has 0 spiro atoms. The lowest BCUT2D eigenvalue weighted by Gasteiger charge is -2.08. The molecule has 26 heavy (non-hydrogen) atoms. The van der Waals surface area contributed by atoms with Crippen LogP contribution in [0.4, 0.5) is 11.6 Å². The topological polar surface area (TPSA) is 85.4 Å². The van der Waals surface area contributed by atoms with Crippen LogP contribution in [0.5, 0.6) is 11.5 Å². The van der Waals surface area contributed by atoms with E-state index in [1.54, 1.807) is 12.3 Å². The average molecular weight is 348 g/mol. The fourth-order valence-electron chi connectivity index (χ4n) is 2.52. The van der Waals surface area contributed by atoms with E-state index >= 15 is 0 Å². The Bertz CT molecular complexity index is 931. The molecular weight excluding hydrogens is 332 g/mol. The number of hydrogen-bond donors (Lipinski definition) is 2. The number of rotatable bonds is 5. The largest absolute Gasteiger partial charge is 0.454 e. The van der Waals surface area contributed by atoms with Crippen LogP contribution < -0.4 is 20.1 Å². The van der Waals surface area contributed by atoms with Gasteiger partial charge in [0.15, 0.2) is 11.5 Å². The van der Waals surface area contributed by atoms with Crippen molar-refractivity contribution in [2.24, 2.45) is 0 Å². The number of aromatic nitrogens is 2. The molecule has 3 aromatic rings. The van der Waals surface area contributed by atoms with E-state index in [2.05, 4.69) is 20.6 Å². The van der Waals surface area contributed by atoms with Gasteiger partial charge in [-0.05, 0) is 35.9 Å². The van der Waals surface area contributed by atoms with Crippen LogP contribution >= 0.6 is 0 Å². The first kappa shape index (κ1) is 15.9. The van der Waals surface area contributed by atoms with Crippen molar-refractivity contribution in [1.29, 1.82) is 0 Å². The maximum absolute atomic E-state index is 12.3. The SMILES string of the molecule is O=C(Nc1ccccc1)c1ccnc(NCc2ccc3c(c2)OCO3)n1. The minimum absolute atomic E-state index is 0.244. The maximum Gasteiger partial charge on any atom is 0.274 e. The molecule has 2 heterocycles. The van der Waals surface area contributed by atoms with Gasteiger partial charge in [-0.3, -0.25) is 4.79 Å². The Morgan fingerprint density at radius 3 is 2.77 bits per heavy atom. The molecule has 0 fully saturated rings. The van der Waals surface area contributed by atoms with E-state index in [9.17, 15) is 4.79 Å². The summed E-state index contributed by atoms with van der Waals surface area (Å²) in [7, 11) is 0. The highest BCUT2D eigenvalue weighted by molar-refractivity contribution is 6.02. The van der Waals surface area contributed by atoms with Crippen molar-refractivity contribution in [3.63, 3.8) is 0 Å². The molecular formula is C19H16N4O3. The summed E-state index contributed by atoms with van der Waals surface area (Å²) in [4.78, 5) is 20.7. The predicted molar refractivity (Wildman–Crippen MR) is 96.3 cm³/mol. The normalized spacial score (nSPS) is 11.8. The molecule has 7 heteroatoms. The fourth-order valence-corrected chi connectivity index (χ4v) is 2.52. The molecule has 0 atom stereocenters. The number of carbonyl (C=O) groups excluding carboxylic acids is 1. The summed E-state index contributed by atoms with van der Waals surface area (Å²) in [5, 5.41) is 5.91. The van der Waals surface area contributed by atoms with Gasteiger partial charge < -0.3 is 20.1 Å². The van der Waals surface area contributed by atoms with Gasteiger partial charge in [-0.1, -0.05) is 24.3 Å². The second kappa shape index (κ2) is 7.10. The van der Waals surface area contributed by atoms with E-state index in [1.807, 2.05) is 48.5 Å². The number of nitrogens with one attached hydrogen (secondary N) is 2. The van der Waals surface area contributed by atoms with Crippen LogP contribution in [0.3, 0.4) is 0 Å². The molecule has 2 N–H and O–H groups in total. The summed E-state index contributed by atoms with van der Waals surface area (Å²) in [5.74, 6) is 1.55. The summed E-state index contributed by atoms with van der Waals surface area (Å²) in [6.45, 7) is 0.744. The van der Waals surface area contributed by atoms with Gasteiger partial charge in [0.05, 0.1) is 0 Å². The highest BCUT2D eigenvalue weighted by Gasteiger charge is 2.13. The van der Waals surface area contributed by atoms with Gasteiger partial charge in [0.1, 0.15) is 5.69 Å². The van der Waals surface area contributed by atoms with Crippen LogP contribution in [0.25, 0.3) is 0 Å². The van der Waals surface area contributed by atoms with Crippen molar-refractivity contribution in [2.45, 2.75) is 6.54 Å². The lowest BCUT2D eigenvalue weighted by Crippen LogP contribution is -2.15. The van der Waals surface area contributed by atoms with Crippen LogP contribution in [0.1, 0.15) is 16.1 Å². The Balaban J connectivity index is 1.42. The van der Waals surface area contributed by atoms with Crippen molar-refractivity contribution < 1.29 is 14.3 Å². The van der Waals surface area contributed by atoms with Gasteiger partial charge in [-0.25, -0.2) is 9.97 Å². The van der Waals surface area contributed by atoms with Gasteiger partial charge >= 0.3 is 0 Å². The Labute approximate surface area is 150 Å². The molecule has 0 radical (unpaired) electrons. The number of hydrogen-bond acceptors (Lipinski definition) is 6. The first-order chi connectivity index (χ1) is 12.8. The summed E-state index contributed by atoms with van der Waals surface area (Å²) in [6.07, 6.45) is 1.55. The number of para-hydroxylation sites is 1. The number of anilines is 2. The summed E-state index contributed by atoms with van der Waals surface area (Å²) >= 11 is 0. The van der Waals surface area contributed by atoms with Crippen LogP contribution in [-0.2, 0) is 6.54 Å². The van der Waals surface area contributed by atoms with Crippen molar-refractivity contribution in [3.05, 3.63) is 72.1 Å². The quantitative estimate of drug-likeness (QED) is 0.737. The predicted octanol–water partition coefficient (Wildman–Crippen LogP) is 3.07. The smallest absolute Gasteiger partial charge is 0.274 e. The van der Waals surface area contributed by atoms with Crippen LogP contribution in [0.15, 0.2) is 60.8 Å². The van der Waals surface area contributed by atoms with Crippen molar-refractivity contribution in [1.82, 2.24) is 9.97 Å². The highest BCUT2D eigenvalue weighted by Crippen LogP contribution is 2.32. The third-order valence-electron chi connectivity index (χ3n) is 3.81. The summed E-state index contributed by atoms with van der Waals surface area (Å²) in [5.41, 5.74) is 2.00. The number of benzene rings is 2. The molecule has 0 bridgehead atoms. The van der Waals surface area contributed by atoms with E-state index in [4.69, 9.17) is 9.47 Å². The Morgan fingerprint density at radius 2 is 1.88 bits per heavy atom. The Morgan fingerprint density at radius 1 is 1.04 bits per heavy atom. The third-order valence-corrected chi connectivity index (χ3v) is 3.81. The molecule has 1 aromatic heterocycles. The number of amides is 1. The maximum atomic E-state index is 12.3. The minimum atomic E-state index is -0.287. The summed E-state index contributed by atoms with van der Waals surface area (Å²) < 4.78 is 10.7. The van der Waals surface area contributed by atoms with Gasteiger partial charge in [0.2, 0.25) is 12.7 Å². The first-order valence-electron chi connectivity index (χ1n) is 8.10. The minimum Gasteiger partial charge on any atom is -0.454 e. The molecule has 0 saturated carbocycles. The van der Waals surface area contributed by atoms with Crippen molar-refractivity contribution in [3.8, 4) is 11.5 Å². The standard InChI is InChI=1S/C19H16N4O3/c24-18(22-14-4-2-1-3-5-14)15-8-9-20-19(23-15)21-11-13-6-7-16-17(10-13)26-12-25-16/h1-10H,11-12H2,(H,22,24)(H,20,21,23). The van der Waals surface area contributed by atoms with Crippen LogP contribution in [0, 0.1) is 0 Å². The first-order valence-corrected chi connectivity index (χ1v) is 8.10. The van der Waals surface area contributed by atoms with Crippen LogP contribution in [-0.4, -0.2) is 22.7 Å². The van der Waals surface area contributed by atoms with E-state index in [1.165, 1.54) is 0 Å². The Hall–Kier alpha value is -3.61. The molecule has 1 amide bonds. The highest BCUT2D eigenvalue weighted by atomic mass is 16.7. The number of ether oxygens (including phenoxy) is 2. The molecule has 0 saturated heterocycles. The van der Waals surface area contributed by atoms with Crippen LogP contribution in [0.2, 0.25) is 0 Å². The van der Waals surface area contributed by atoms with E-state index in [0.29, 0.717) is 18.2 Å². The van der Waals surface area contributed by atoms with E-state index < -0.39 is 0 Å². The molecule has 1 aliphatic heterocycles. The molecule has 130 valence electrons. The number of carbonyl (C=O) groups is 1. The van der Waals surface area contributed by atoms with Gasteiger partial charge in [0.25, 0.3) is 5.91 Å². The van der Waals surface area contributed by atoms with Gasteiger partial charge in [-0.15, -0.1) is 0 Å². The molecule has 7 nitrogen and oxygen atoms in total. The zero-order valence-electron chi connectivity index (χ0n) is 13.8. The second-order valence-corrected chi connectivity index (χ2v) is 5.63. The number of fused-ring (bicyclic) bond motifs is 1. The molecule has 0 unspecified atom stereocenters. The van der Waals surface area contributed by atoms with Gasteiger partial charge in [0, 0.05) is 18.4 Å². The molecule has 2 aromatic carbocycles. The fraction of sp³-hybridized carbons (Fsp3) is 0.105. The summed E-state index contributed by atoms with van der Waals surface area (Å²) in [6, 6.07) is 16.5. The van der Waals surface area contributed by atoms with E-state index in [-0.39, 0.29) is 18.4 Å². The van der Waals surface area contributed by atoms with Gasteiger partial charge in [-0.2, -0.15) is 0 Å². The lowest BCUT2D eigenvalue weighted by atomic mass is 10.2. The zero-order valence-corrected chi connectivity index (χ0v) is 13.8. The van der Waals surface area contributed by atoms with Crippen molar-refractivity contribution in [2.75, 3.05) is 17.4 Å². The molecule has 4 rings (SSSR count). The lowest BCUT2D eigenvalue weighted by molar-refractivity contribution is 0.102. The number of nitrogens with zero attached hydrogens (tertiary/aromatic N) is 2. The zero-order chi connectivity index (χ0) is 17.8. The average Bonchev–Trinajstić information content (AvgIpc) is 3.15. The third kappa shape index (κ3) is 3.56. The van der Waals surface area contributed by atoms with Crippen molar-refractivity contribution >= 4 is 17.5 Å². The Kier molecular flexibility index (Phi) is 4.34. The molecule has 0 aliphatic carbocycles. The van der Waals surface area contributed by atoms with E-state index in [0.717, 1.165) is 17.1 Å².